The number of benzene rings is 2. The summed E-state index contributed by atoms with van der Waals surface area (Å²) in [4.78, 5) is 18.6. The Hall–Kier alpha value is -3.72. The zero-order valence-corrected chi connectivity index (χ0v) is 18.8. The van der Waals surface area contributed by atoms with Crippen LogP contribution in [0.1, 0.15) is 36.3 Å². The zero-order chi connectivity index (χ0) is 23.4. The van der Waals surface area contributed by atoms with Crippen LogP contribution in [0.5, 0.6) is 11.7 Å². The normalized spacial score (nSPS) is 20.8. The quantitative estimate of drug-likeness (QED) is 0.444. The first-order valence-electron chi connectivity index (χ1n) is 10.7. The molecule has 2 aliphatic heterocycles. The first-order chi connectivity index (χ1) is 16.4. The van der Waals surface area contributed by atoms with E-state index < -0.39 is 17.4 Å². The van der Waals surface area contributed by atoms with Gasteiger partial charge in [0.15, 0.2) is 4.80 Å². The van der Waals surface area contributed by atoms with Gasteiger partial charge >= 0.3 is 0 Å². The van der Waals surface area contributed by atoms with E-state index in [2.05, 4.69) is 0 Å². The van der Waals surface area contributed by atoms with Gasteiger partial charge in [0.05, 0.1) is 10.6 Å². The predicted octanol–water partition coefficient (Wildman–Crippen LogP) is 3.91. The lowest BCUT2D eigenvalue weighted by atomic mass is 9.93. The van der Waals surface area contributed by atoms with E-state index in [1.54, 1.807) is 22.8 Å². The number of thiazole rings is 1. The predicted molar refractivity (Wildman–Crippen MR) is 121 cm³/mol. The van der Waals surface area contributed by atoms with Crippen molar-refractivity contribution >= 4 is 17.4 Å². The smallest absolute Gasteiger partial charge is 0.285 e. The molecule has 6 rings (SSSR count). The highest BCUT2D eigenvalue weighted by Gasteiger charge is 2.42. The highest BCUT2D eigenvalue weighted by molar-refractivity contribution is 7.07. The third-order valence-corrected chi connectivity index (χ3v) is 6.90. The Morgan fingerprint density at radius 1 is 1.24 bits per heavy atom. The average molecular weight is 480 g/mol. The number of ether oxygens (including phenoxy) is 2. The van der Waals surface area contributed by atoms with Crippen molar-refractivity contribution in [3.8, 4) is 11.7 Å². The fraction of sp³-hybridized carbons (Fsp3) is 0.200. The van der Waals surface area contributed by atoms with E-state index in [9.17, 15) is 13.6 Å². The molecule has 9 heteroatoms. The molecule has 0 fully saturated rings. The molecule has 2 aliphatic rings. The lowest BCUT2D eigenvalue weighted by molar-refractivity contribution is 0.0410. The number of aromatic nitrogens is 1. The Kier molecular flexibility index (Phi) is 4.70. The summed E-state index contributed by atoms with van der Waals surface area (Å²) in [6, 6.07) is 14.1. The second-order valence-corrected chi connectivity index (χ2v) is 9.41. The number of para-hydroxylation sites is 1. The Bertz CT molecular complexity index is 1610. The largest absolute Gasteiger partial charge is 0.466 e. The van der Waals surface area contributed by atoms with E-state index in [0.717, 1.165) is 17.4 Å². The van der Waals surface area contributed by atoms with Crippen LogP contribution < -0.4 is 24.4 Å². The number of hydrogen-bond donors (Lipinski definition) is 0. The molecule has 0 spiro atoms. The van der Waals surface area contributed by atoms with E-state index in [0.29, 0.717) is 21.5 Å². The second kappa shape index (κ2) is 7.66. The van der Waals surface area contributed by atoms with Gasteiger partial charge in [-0.1, -0.05) is 29.5 Å². The molecular weight excluding hydrogens is 462 g/mol. The second-order valence-electron chi connectivity index (χ2n) is 8.40. The number of fused-ring (bicyclic) bond motifs is 6. The van der Waals surface area contributed by atoms with Crippen molar-refractivity contribution in [3.63, 3.8) is 0 Å². The number of furan rings is 1. The molecule has 0 N–H and O–H groups in total. The van der Waals surface area contributed by atoms with Gasteiger partial charge in [0, 0.05) is 35.8 Å². The summed E-state index contributed by atoms with van der Waals surface area (Å²) in [6.45, 7) is 1.81. The fourth-order valence-corrected chi connectivity index (χ4v) is 5.45. The van der Waals surface area contributed by atoms with Crippen LogP contribution in [0.25, 0.3) is 6.08 Å². The van der Waals surface area contributed by atoms with E-state index >= 15 is 0 Å². The van der Waals surface area contributed by atoms with Gasteiger partial charge in [-0.25, -0.2) is 13.8 Å². The van der Waals surface area contributed by atoms with Gasteiger partial charge in [0.1, 0.15) is 29.8 Å². The third-order valence-electron chi connectivity index (χ3n) is 5.92. The molecule has 0 aliphatic carbocycles. The molecule has 172 valence electrons. The molecule has 0 radical (unpaired) electrons. The summed E-state index contributed by atoms with van der Waals surface area (Å²) in [7, 11) is 0. The van der Waals surface area contributed by atoms with Gasteiger partial charge < -0.3 is 13.9 Å². The highest BCUT2D eigenvalue weighted by atomic mass is 32.1. The topological polar surface area (TPSA) is 66.0 Å². The van der Waals surface area contributed by atoms with Crippen molar-refractivity contribution in [1.82, 2.24) is 4.57 Å². The Morgan fingerprint density at radius 3 is 2.94 bits per heavy atom. The van der Waals surface area contributed by atoms with Gasteiger partial charge in [0.2, 0.25) is 5.72 Å². The Labute approximate surface area is 196 Å². The van der Waals surface area contributed by atoms with Crippen molar-refractivity contribution < 1.29 is 22.7 Å². The molecule has 4 aromatic rings. The van der Waals surface area contributed by atoms with Crippen molar-refractivity contribution in [2.24, 2.45) is 4.99 Å². The monoisotopic (exact) mass is 480 g/mol. The Morgan fingerprint density at radius 2 is 2.09 bits per heavy atom. The minimum atomic E-state index is -0.727. The van der Waals surface area contributed by atoms with E-state index in [-0.39, 0.29) is 29.7 Å². The van der Waals surface area contributed by atoms with Crippen LogP contribution in [-0.2, 0) is 6.61 Å². The van der Waals surface area contributed by atoms with Crippen LogP contribution in [0.4, 0.5) is 8.78 Å². The van der Waals surface area contributed by atoms with Crippen LogP contribution in [-0.4, -0.2) is 10.3 Å². The molecule has 0 amide bonds. The van der Waals surface area contributed by atoms with Crippen molar-refractivity contribution in [2.75, 3.05) is 0 Å². The molecule has 34 heavy (non-hydrogen) atoms. The van der Waals surface area contributed by atoms with Crippen LogP contribution in [0.2, 0.25) is 0 Å². The molecule has 2 aromatic heterocycles. The van der Waals surface area contributed by atoms with Gasteiger partial charge in [-0.05, 0) is 31.2 Å². The maximum Gasteiger partial charge on any atom is 0.285 e. The molecule has 4 heterocycles. The van der Waals surface area contributed by atoms with Crippen LogP contribution in [0, 0.1) is 11.6 Å². The molecule has 0 saturated heterocycles. The minimum Gasteiger partial charge on any atom is -0.466 e. The molecular formula is C25H18F2N2O4S. The first kappa shape index (κ1) is 20.9. The molecule has 6 nitrogen and oxygen atoms in total. The summed E-state index contributed by atoms with van der Waals surface area (Å²) < 4.78 is 46.3. The van der Waals surface area contributed by atoms with Gasteiger partial charge in [-0.3, -0.25) is 9.36 Å². The number of halogens is 2. The first-order valence-corrected chi connectivity index (χ1v) is 11.5. The number of hydrogen-bond acceptors (Lipinski definition) is 6. The molecule has 0 unspecified atom stereocenters. The van der Waals surface area contributed by atoms with Crippen LogP contribution in [0.3, 0.4) is 0 Å². The maximum absolute atomic E-state index is 13.8. The molecule has 2 aromatic carbocycles. The summed E-state index contributed by atoms with van der Waals surface area (Å²) >= 11 is 1.27. The maximum atomic E-state index is 13.8. The summed E-state index contributed by atoms with van der Waals surface area (Å²) in [5, 5.41) is 0. The summed E-state index contributed by atoms with van der Waals surface area (Å²) in [5.41, 5.74) is 0.287. The summed E-state index contributed by atoms with van der Waals surface area (Å²) in [5.74, 6) is -0.0299. The number of nitrogens with zero attached hydrogens (tertiary/aromatic N) is 2. The fourth-order valence-electron chi connectivity index (χ4n) is 4.34. The molecule has 2 atom stereocenters. The Balaban J connectivity index is 1.32. The van der Waals surface area contributed by atoms with Crippen LogP contribution in [0.15, 0.2) is 68.8 Å². The lowest BCUT2D eigenvalue weighted by Crippen LogP contribution is -2.49. The molecule has 0 saturated carbocycles. The van der Waals surface area contributed by atoms with Crippen LogP contribution >= 0.6 is 11.3 Å². The number of rotatable bonds is 4. The zero-order valence-electron chi connectivity index (χ0n) is 18.0. The SMILES string of the molecule is C[C@@]12C[C@@H](c3ccccc3O1)n1c(sc(=Cc3ccc(OCc4ccc(F)cc4F)o3)c1=O)=N2. The minimum absolute atomic E-state index is 0.117. The highest BCUT2D eigenvalue weighted by Crippen LogP contribution is 2.42. The standard InChI is InChI=1S/C25H18F2N2O4S/c1-25-12-19(17-4-2-3-5-20(17)33-25)29-23(30)21(34-24(29)28-25)11-16-8-9-22(32-16)31-13-14-6-7-15(26)10-18(14)27/h2-11,19H,12-13H2,1H3/t19-,25-/m0/s1. The van der Waals surface area contributed by atoms with E-state index in [4.69, 9.17) is 18.9 Å². The van der Waals surface area contributed by atoms with E-state index in [1.807, 2.05) is 31.2 Å². The van der Waals surface area contributed by atoms with Gasteiger partial charge in [-0.2, -0.15) is 0 Å². The molecule has 2 bridgehead atoms. The van der Waals surface area contributed by atoms with Crippen molar-refractivity contribution in [3.05, 3.63) is 103 Å². The van der Waals surface area contributed by atoms with Gasteiger partial charge in [-0.15, -0.1) is 0 Å². The van der Waals surface area contributed by atoms with Crippen molar-refractivity contribution in [2.45, 2.75) is 31.7 Å². The average Bonchev–Trinajstić information content (AvgIpc) is 3.36. The van der Waals surface area contributed by atoms with Gasteiger partial charge in [0.25, 0.3) is 11.5 Å². The third kappa shape index (κ3) is 3.52. The van der Waals surface area contributed by atoms with Crippen molar-refractivity contribution in [1.29, 1.82) is 0 Å². The summed E-state index contributed by atoms with van der Waals surface area (Å²) in [6.07, 6.45) is 2.21. The lowest BCUT2D eigenvalue weighted by Gasteiger charge is -2.39. The van der Waals surface area contributed by atoms with E-state index in [1.165, 1.54) is 23.5 Å².